The van der Waals surface area contributed by atoms with Crippen LogP contribution >= 0.6 is 34.9 Å². The molecule has 0 spiro atoms. The standard InChI is InChI=1S/C18H16N6S3/c1-10-11(2)27-17-14(10)16(20-9-21-17)25-7-13-8-26-18-23-22-15(24(13)18)12-3-5-19-6-4-12/h3-6,9,13H,7-8H2,1-2H3/t13-/m1/s1. The van der Waals surface area contributed by atoms with Crippen molar-refractivity contribution in [1.29, 1.82) is 0 Å². The molecule has 0 bridgehead atoms. The summed E-state index contributed by atoms with van der Waals surface area (Å²) in [5, 5.41) is 12.0. The van der Waals surface area contributed by atoms with Gasteiger partial charge in [-0.2, -0.15) is 0 Å². The van der Waals surface area contributed by atoms with Crippen LogP contribution in [0.25, 0.3) is 21.6 Å². The Balaban J connectivity index is 1.45. The minimum atomic E-state index is 0.332. The van der Waals surface area contributed by atoms with Crippen LogP contribution < -0.4 is 0 Å². The highest BCUT2D eigenvalue weighted by atomic mass is 32.2. The Kier molecular flexibility index (Phi) is 4.37. The third-order valence-electron chi connectivity index (χ3n) is 4.72. The van der Waals surface area contributed by atoms with Crippen molar-refractivity contribution in [3.05, 3.63) is 41.3 Å². The van der Waals surface area contributed by atoms with Gasteiger partial charge in [0.1, 0.15) is 16.2 Å². The van der Waals surface area contributed by atoms with Crippen LogP contribution in [-0.4, -0.2) is 41.2 Å². The van der Waals surface area contributed by atoms with Crippen LogP contribution in [0.1, 0.15) is 16.5 Å². The first-order valence-electron chi connectivity index (χ1n) is 8.54. The van der Waals surface area contributed by atoms with E-state index >= 15 is 0 Å². The van der Waals surface area contributed by atoms with E-state index in [2.05, 4.69) is 43.6 Å². The molecule has 136 valence electrons. The lowest BCUT2D eigenvalue weighted by Gasteiger charge is -2.14. The Morgan fingerprint density at radius 2 is 2.04 bits per heavy atom. The van der Waals surface area contributed by atoms with Crippen molar-refractivity contribution in [2.24, 2.45) is 0 Å². The molecule has 0 saturated heterocycles. The number of aryl methyl sites for hydroxylation is 2. The van der Waals surface area contributed by atoms with Crippen molar-refractivity contribution in [2.75, 3.05) is 11.5 Å². The fraction of sp³-hybridized carbons (Fsp3) is 0.278. The average Bonchev–Trinajstić information content (AvgIpc) is 3.36. The molecule has 0 radical (unpaired) electrons. The van der Waals surface area contributed by atoms with Crippen LogP contribution in [0.5, 0.6) is 0 Å². The Morgan fingerprint density at radius 1 is 1.19 bits per heavy atom. The van der Waals surface area contributed by atoms with Crippen LogP contribution in [0.15, 0.2) is 41.0 Å². The topological polar surface area (TPSA) is 69.4 Å². The molecular formula is C18H16N6S3. The van der Waals surface area contributed by atoms with Gasteiger partial charge in [-0.15, -0.1) is 33.3 Å². The maximum absolute atomic E-state index is 4.57. The largest absolute Gasteiger partial charge is 0.297 e. The highest BCUT2D eigenvalue weighted by molar-refractivity contribution is 8.00. The third kappa shape index (κ3) is 2.94. The van der Waals surface area contributed by atoms with Crippen LogP contribution in [0.3, 0.4) is 0 Å². The van der Waals surface area contributed by atoms with Crippen LogP contribution in [0, 0.1) is 13.8 Å². The first kappa shape index (κ1) is 17.2. The number of nitrogens with zero attached hydrogens (tertiary/aromatic N) is 6. The fourth-order valence-electron chi connectivity index (χ4n) is 3.20. The first-order valence-corrected chi connectivity index (χ1v) is 11.3. The zero-order valence-corrected chi connectivity index (χ0v) is 17.2. The molecule has 4 aromatic rings. The summed E-state index contributed by atoms with van der Waals surface area (Å²) in [5.41, 5.74) is 2.34. The molecule has 0 fully saturated rings. The summed E-state index contributed by atoms with van der Waals surface area (Å²) < 4.78 is 2.26. The summed E-state index contributed by atoms with van der Waals surface area (Å²) in [5.74, 6) is 2.85. The summed E-state index contributed by atoms with van der Waals surface area (Å²) in [6.07, 6.45) is 5.26. The van der Waals surface area contributed by atoms with Crippen LogP contribution in [-0.2, 0) is 0 Å². The molecule has 4 aromatic heterocycles. The summed E-state index contributed by atoms with van der Waals surface area (Å²) in [7, 11) is 0. The smallest absolute Gasteiger partial charge is 0.191 e. The summed E-state index contributed by atoms with van der Waals surface area (Å²) >= 11 is 5.31. The predicted octanol–water partition coefficient (Wildman–Crippen LogP) is 4.40. The number of hydrogen-bond donors (Lipinski definition) is 0. The predicted molar refractivity (Wildman–Crippen MR) is 111 cm³/mol. The monoisotopic (exact) mass is 412 g/mol. The molecule has 9 heteroatoms. The normalized spacial score (nSPS) is 16.1. The lowest BCUT2D eigenvalue weighted by molar-refractivity contribution is 0.597. The van der Waals surface area contributed by atoms with Crippen molar-refractivity contribution < 1.29 is 0 Å². The summed E-state index contributed by atoms with van der Waals surface area (Å²) in [6.45, 7) is 4.31. The molecule has 0 saturated carbocycles. The molecule has 0 amide bonds. The maximum atomic E-state index is 4.57. The highest BCUT2D eigenvalue weighted by Gasteiger charge is 2.29. The number of thiophene rings is 1. The summed E-state index contributed by atoms with van der Waals surface area (Å²) in [6, 6.07) is 4.30. The Hall–Kier alpha value is -1.97. The van der Waals surface area contributed by atoms with Gasteiger partial charge in [-0.25, -0.2) is 9.97 Å². The quantitative estimate of drug-likeness (QED) is 0.363. The molecule has 1 aliphatic heterocycles. The Bertz CT molecular complexity index is 1120. The van der Waals surface area contributed by atoms with E-state index in [1.54, 1.807) is 53.6 Å². The Labute approximate surface area is 168 Å². The van der Waals surface area contributed by atoms with E-state index in [1.807, 2.05) is 12.1 Å². The SMILES string of the molecule is Cc1sc2ncnc(SC[C@@H]3CSc4nnc(-c5ccncc5)n43)c2c1C. The number of fused-ring (bicyclic) bond motifs is 2. The molecule has 0 aliphatic carbocycles. The van der Waals surface area contributed by atoms with E-state index in [1.165, 1.54) is 15.8 Å². The molecule has 0 unspecified atom stereocenters. The molecule has 1 atom stereocenters. The van der Waals surface area contributed by atoms with Gasteiger partial charge in [-0.05, 0) is 31.5 Å². The average molecular weight is 413 g/mol. The lowest BCUT2D eigenvalue weighted by Crippen LogP contribution is -2.11. The number of aromatic nitrogens is 6. The summed E-state index contributed by atoms with van der Waals surface area (Å²) in [4.78, 5) is 15.5. The van der Waals surface area contributed by atoms with Crippen molar-refractivity contribution >= 4 is 45.1 Å². The van der Waals surface area contributed by atoms with Crippen LogP contribution in [0.2, 0.25) is 0 Å². The zero-order chi connectivity index (χ0) is 18.4. The van der Waals surface area contributed by atoms with Gasteiger partial charge in [0.05, 0.1) is 6.04 Å². The second-order valence-corrected chi connectivity index (χ2v) is 9.53. The van der Waals surface area contributed by atoms with Gasteiger partial charge in [0, 0.05) is 39.7 Å². The molecule has 5 rings (SSSR count). The van der Waals surface area contributed by atoms with E-state index in [4.69, 9.17) is 0 Å². The number of pyridine rings is 1. The van der Waals surface area contributed by atoms with E-state index < -0.39 is 0 Å². The van der Waals surface area contributed by atoms with E-state index in [-0.39, 0.29) is 0 Å². The van der Waals surface area contributed by atoms with Crippen molar-refractivity contribution in [3.63, 3.8) is 0 Å². The second-order valence-electron chi connectivity index (χ2n) is 6.33. The second kappa shape index (κ2) is 6.88. The molecule has 6 nitrogen and oxygen atoms in total. The minimum absolute atomic E-state index is 0.332. The third-order valence-corrected chi connectivity index (χ3v) is 8.05. The molecule has 5 heterocycles. The van der Waals surface area contributed by atoms with Crippen molar-refractivity contribution in [2.45, 2.75) is 30.1 Å². The number of hydrogen-bond acceptors (Lipinski definition) is 8. The van der Waals surface area contributed by atoms with E-state index in [9.17, 15) is 0 Å². The molecule has 0 aromatic carbocycles. The zero-order valence-electron chi connectivity index (χ0n) is 14.8. The number of rotatable bonds is 4. The van der Waals surface area contributed by atoms with E-state index in [0.717, 1.165) is 37.9 Å². The maximum Gasteiger partial charge on any atom is 0.191 e. The van der Waals surface area contributed by atoms with Gasteiger partial charge in [0.15, 0.2) is 11.0 Å². The highest BCUT2D eigenvalue weighted by Crippen LogP contribution is 2.40. The van der Waals surface area contributed by atoms with Gasteiger partial charge in [0.2, 0.25) is 0 Å². The minimum Gasteiger partial charge on any atom is -0.297 e. The Morgan fingerprint density at radius 3 is 2.89 bits per heavy atom. The molecular weight excluding hydrogens is 396 g/mol. The van der Waals surface area contributed by atoms with Gasteiger partial charge >= 0.3 is 0 Å². The molecule has 1 aliphatic rings. The van der Waals surface area contributed by atoms with Crippen molar-refractivity contribution in [3.8, 4) is 11.4 Å². The fourth-order valence-corrected chi connectivity index (χ4v) is 6.63. The van der Waals surface area contributed by atoms with Gasteiger partial charge in [-0.3, -0.25) is 9.55 Å². The first-order chi connectivity index (χ1) is 13.2. The van der Waals surface area contributed by atoms with E-state index in [0.29, 0.717) is 6.04 Å². The molecule has 27 heavy (non-hydrogen) atoms. The van der Waals surface area contributed by atoms with Gasteiger partial charge < -0.3 is 0 Å². The van der Waals surface area contributed by atoms with Crippen LogP contribution in [0.4, 0.5) is 0 Å². The lowest BCUT2D eigenvalue weighted by atomic mass is 10.2. The van der Waals surface area contributed by atoms with Gasteiger partial charge in [-0.1, -0.05) is 11.8 Å². The molecule has 0 N–H and O–H groups in total. The number of thioether (sulfide) groups is 2. The van der Waals surface area contributed by atoms with Gasteiger partial charge in [0.25, 0.3) is 0 Å². The van der Waals surface area contributed by atoms with Crippen molar-refractivity contribution in [1.82, 2.24) is 29.7 Å².